The second kappa shape index (κ2) is 9.53. The smallest absolute Gasteiger partial charge is 0.271 e. The van der Waals surface area contributed by atoms with Crippen LogP contribution in [-0.4, -0.2) is 12.1 Å². The van der Waals surface area contributed by atoms with Crippen LogP contribution in [0.15, 0.2) is 76.3 Å². The van der Waals surface area contributed by atoms with Crippen molar-refractivity contribution in [2.24, 2.45) is 5.10 Å². The highest BCUT2D eigenvalue weighted by Crippen LogP contribution is 2.26. The SMILES string of the molecule is Cc1ccccc1C(=O)N/N=C/c1ccc(OCc2ccc(Cl)cc2)c(Br)c1. The fourth-order valence-electron chi connectivity index (χ4n) is 2.51. The van der Waals surface area contributed by atoms with Gasteiger partial charge in [0.05, 0.1) is 10.7 Å². The van der Waals surface area contributed by atoms with Gasteiger partial charge in [0.25, 0.3) is 5.91 Å². The maximum absolute atomic E-state index is 12.2. The number of carbonyl (C=O) groups excluding carboxylic acids is 1. The Bertz CT molecular complexity index is 1000. The van der Waals surface area contributed by atoms with Crippen LogP contribution in [0.3, 0.4) is 0 Å². The number of carbonyl (C=O) groups is 1. The molecule has 3 aromatic carbocycles. The van der Waals surface area contributed by atoms with Gasteiger partial charge < -0.3 is 4.74 Å². The number of rotatable bonds is 6. The van der Waals surface area contributed by atoms with Gasteiger partial charge >= 0.3 is 0 Å². The van der Waals surface area contributed by atoms with Gasteiger partial charge in [-0.1, -0.05) is 41.9 Å². The monoisotopic (exact) mass is 456 g/mol. The minimum Gasteiger partial charge on any atom is -0.488 e. The van der Waals surface area contributed by atoms with Gasteiger partial charge in [-0.25, -0.2) is 5.43 Å². The summed E-state index contributed by atoms with van der Waals surface area (Å²) in [6.45, 7) is 2.33. The highest BCUT2D eigenvalue weighted by Gasteiger charge is 2.07. The van der Waals surface area contributed by atoms with Crippen molar-refractivity contribution < 1.29 is 9.53 Å². The summed E-state index contributed by atoms with van der Waals surface area (Å²) in [5.41, 5.74) is 5.91. The molecule has 3 aromatic rings. The number of ether oxygens (including phenoxy) is 1. The Morgan fingerprint density at radius 3 is 2.61 bits per heavy atom. The van der Waals surface area contributed by atoms with E-state index < -0.39 is 0 Å². The second-order valence-corrected chi connectivity index (χ2v) is 7.41. The Morgan fingerprint density at radius 2 is 1.89 bits per heavy atom. The molecule has 0 aromatic heterocycles. The normalized spacial score (nSPS) is 10.8. The van der Waals surface area contributed by atoms with Crippen molar-refractivity contribution in [3.63, 3.8) is 0 Å². The summed E-state index contributed by atoms with van der Waals surface area (Å²) in [5.74, 6) is 0.479. The molecule has 0 bridgehead atoms. The van der Waals surface area contributed by atoms with Gasteiger partial charge in [0.15, 0.2) is 0 Å². The highest BCUT2D eigenvalue weighted by atomic mass is 79.9. The van der Waals surface area contributed by atoms with E-state index in [4.69, 9.17) is 16.3 Å². The maximum Gasteiger partial charge on any atom is 0.271 e. The molecule has 1 N–H and O–H groups in total. The van der Waals surface area contributed by atoms with Crippen molar-refractivity contribution in [3.8, 4) is 5.75 Å². The van der Waals surface area contributed by atoms with Crippen molar-refractivity contribution in [1.82, 2.24) is 5.43 Å². The highest BCUT2D eigenvalue weighted by molar-refractivity contribution is 9.10. The lowest BCUT2D eigenvalue weighted by atomic mass is 10.1. The van der Waals surface area contributed by atoms with Crippen molar-refractivity contribution in [3.05, 3.63) is 98.5 Å². The van der Waals surface area contributed by atoms with Crippen LogP contribution in [0.25, 0.3) is 0 Å². The van der Waals surface area contributed by atoms with Gasteiger partial charge in [0, 0.05) is 10.6 Å². The minimum atomic E-state index is -0.240. The molecule has 0 unspecified atom stereocenters. The topological polar surface area (TPSA) is 50.7 Å². The zero-order chi connectivity index (χ0) is 19.9. The van der Waals surface area contributed by atoms with Gasteiger partial charge in [-0.2, -0.15) is 5.10 Å². The van der Waals surface area contributed by atoms with Crippen LogP contribution in [0, 0.1) is 6.92 Å². The summed E-state index contributed by atoms with van der Waals surface area (Å²) in [6, 6.07) is 20.5. The predicted molar refractivity (Wildman–Crippen MR) is 116 cm³/mol. The largest absolute Gasteiger partial charge is 0.488 e. The third-order valence-corrected chi connectivity index (χ3v) is 4.90. The molecule has 0 radical (unpaired) electrons. The summed E-state index contributed by atoms with van der Waals surface area (Å²) >= 11 is 9.39. The van der Waals surface area contributed by atoms with E-state index in [1.54, 1.807) is 12.3 Å². The van der Waals surface area contributed by atoms with Crippen LogP contribution >= 0.6 is 27.5 Å². The number of nitrogens with one attached hydrogen (secondary N) is 1. The Balaban J connectivity index is 1.59. The third-order valence-electron chi connectivity index (χ3n) is 4.03. The number of hydrazone groups is 1. The summed E-state index contributed by atoms with van der Waals surface area (Å²) in [7, 11) is 0. The average molecular weight is 458 g/mol. The number of nitrogens with zero attached hydrogens (tertiary/aromatic N) is 1. The van der Waals surface area contributed by atoms with Gasteiger partial charge in [0.1, 0.15) is 12.4 Å². The van der Waals surface area contributed by atoms with Gasteiger partial charge in [-0.05, 0) is 75.9 Å². The molecular weight excluding hydrogens is 440 g/mol. The van der Waals surface area contributed by atoms with E-state index in [1.165, 1.54) is 0 Å². The van der Waals surface area contributed by atoms with Gasteiger partial charge in [-0.15, -0.1) is 0 Å². The molecule has 0 aliphatic rings. The van der Waals surface area contributed by atoms with Gasteiger partial charge in [0.2, 0.25) is 0 Å². The molecule has 6 heteroatoms. The van der Waals surface area contributed by atoms with E-state index in [1.807, 2.05) is 67.6 Å². The van der Waals surface area contributed by atoms with E-state index in [0.29, 0.717) is 17.2 Å². The predicted octanol–water partition coefficient (Wildman–Crippen LogP) is 5.75. The summed E-state index contributed by atoms with van der Waals surface area (Å²) in [5, 5.41) is 4.73. The first-order chi connectivity index (χ1) is 13.5. The molecule has 0 atom stereocenters. The molecule has 0 aliphatic carbocycles. The number of hydrogen-bond acceptors (Lipinski definition) is 3. The zero-order valence-electron chi connectivity index (χ0n) is 15.2. The molecule has 28 heavy (non-hydrogen) atoms. The first-order valence-corrected chi connectivity index (χ1v) is 9.76. The summed E-state index contributed by atoms with van der Waals surface area (Å²) < 4.78 is 6.63. The summed E-state index contributed by atoms with van der Waals surface area (Å²) in [6.07, 6.45) is 1.59. The van der Waals surface area contributed by atoms with Crippen molar-refractivity contribution in [1.29, 1.82) is 0 Å². The van der Waals surface area contributed by atoms with Crippen LogP contribution in [0.2, 0.25) is 5.02 Å². The Morgan fingerprint density at radius 1 is 1.14 bits per heavy atom. The number of aryl methyl sites for hydroxylation is 1. The van der Waals surface area contributed by atoms with E-state index in [2.05, 4.69) is 26.5 Å². The van der Waals surface area contributed by atoms with E-state index >= 15 is 0 Å². The minimum absolute atomic E-state index is 0.240. The van der Waals surface area contributed by atoms with Crippen LogP contribution in [0.4, 0.5) is 0 Å². The van der Waals surface area contributed by atoms with E-state index in [9.17, 15) is 4.79 Å². The van der Waals surface area contributed by atoms with E-state index in [-0.39, 0.29) is 5.91 Å². The Hall–Kier alpha value is -2.63. The molecule has 0 heterocycles. The van der Waals surface area contributed by atoms with Crippen LogP contribution < -0.4 is 10.2 Å². The second-order valence-electron chi connectivity index (χ2n) is 6.12. The van der Waals surface area contributed by atoms with Crippen molar-refractivity contribution in [2.45, 2.75) is 13.5 Å². The molecular formula is C22H18BrClN2O2. The molecule has 0 spiro atoms. The third kappa shape index (κ3) is 5.44. The number of halogens is 2. The van der Waals surface area contributed by atoms with Gasteiger partial charge in [-0.3, -0.25) is 4.79 Å². The Labute approximate surface area is 177 Å². The number of benzene rings is 3. The van der Waals surface area contributed by atoms with Crippen molar-refractivity contribution in [2.75, 3.05) is 0 Å². The number of hydrogen-bond donors (Lipinski definition) is 1. The van der Waals surface area contributed by atoms with Crippen molar-refractivity contribution >= 4 is 39.7 Å². The molecule has 4 nitrogen and oxygen atoms in total. The van der Waals surface area contributed by atoms with Crippen LogP contribution in [0.5, 0.6) is 5.75 Å². The zero-order valence-corrected chi connectivity index (χ0v) is 17.5. The van der Waals surface area contributed by atoms with E-state index in [0.717, 1.165) is 26.9 Å². The lowest BCUT2D eigenvalue weighted by Crippen LogP contribution is -2.18. The maximum atomic E-state index is 12.2. The molecule has 0 fully saturated rings. The number of amides is 1. The average Bonchev–Trinajstić information content (AvgIpc) is 2.69. The molecule has 3 rings (SSSR count). The molecule has 142 valence electrons. The standard InChI is InChI=1S/C22H18BrClN2O2/c1-15-4-2-3-5-19(15)22(27)26-25-13-17-8-11-21(20(23)12-17)28-14-16-6-9-18(24)10-7-16/h2-13H,14H2,1H3,(H,26,27)/b25-13+. The molecule has 0 saturated carbocycles. The van der Waals surface area contributed by atoms with Crippen LogP contribution in [0.1, 0.15) is 27.0 Å². The first-order valence-electron chi connectivity index (χ1n) is 8.59. The quantitative estimate of drug-likeness (QED) is 0.378. The van der Waals surface area contributed by atoms with Crippen LogP contribution in [-0.2, 0) is 6.61 Å². The fourth-order valence-corrected chi connectivity index (χ4v) is 3.15. The summed E-state index contributed by atoms with van der Waals surface area (Å²) in [4.78, 5) is 12.2. The fraction of sp³-hybridized carbons (Fsp3) is 0.0909. The lowest BCUT2D eigenvalue weighted by Gasteiger charge is -2.09. The lowest BCUT2D eigenvalue weighted by molar-refractivity contribution is 0.0954. The Kier molecular flexibility index (Phi) is 6.85. The first kappa shape index (κ1) is 20.1. The molecule has 0 aliphatic heterocycles. The molecule has 1 amide bonds. The molecule has 0 saturated heterocycles.